The first-order valence-electron chi connectivity index (χ1n) is 6.45. The van der Waals surface area contributed by atoms with Crippen LogP contribution in [0.3, 0.4) is 0 Å². The molecule has 1 aromatic heterocycles. The van der Waals surface area contributed by atoms with Crippen molar-refractivity contribution in [3.05, 3.63) is 34.2 Å². The van der Waals surface area contributed by atoms with E-state index < -0.39 is 11.7 Å². The van der Waals surface area contributed by atoms with E-state index in [1.807, 2.05) is 0 Å². The molecule has 1 aliphatic heterocycles. The summed E-state index contributed by atoms with van der Waals surface area (Å²) >= 11 is 0. The Balaban J connectivity index is 2.04. The number of pyridine rings is 1. The molecule has 2 rings (SSSR count). The number of alkyl halides is 3. The van der Waals surface area contributed by atoms with Crippen LogP contribution in [0.15, 0.2) is 23.1 Å². The fourth-order valence-electron chi connectivity index (χ4n) is 2.37. The highest BCUT2D eigenvalue weighted by atomic mass is 19.4. The Morgan fingerprint density at radius 1 is 1.26 bits per heavy atom. The van der Waals surface area contributed by atoms with Crippen LogP contribution in [-0.4, -0.2) is 17.7 Å². The van der Waals surface area contributed by atoms with Gasteiger partial charge < -0.3 is 9.88 Å². The summed E-state index contributed by atoms with van der Waals surface area (Å²) in [6.45, 7) is 2.25. The molecule has 2 heterocycles. The summed E-state index contributed by atoms with van der Waals surface area (Å²) in [7, 11) is 0. The Kier molecular flexibility index (Phi) is 4.29. The third-order valence-corrected chi connectivity index (χ3v) is 3.55. The highest BCUT2D eigenvalue weighted by Crippen LogP contribution is 2.28. The first-order chi connectivity index (χ1) is 8.97. The van der Waals surface area contributed by atoms with E-state index in [1.165, 1.54) is 4.57 Å². The first-order valence-corrected chi connectivity index (χ1v) is 6.45. The molecule has 6 heteroatoms. The van der Waals surface area contributed by atoms with Crippen molar-refractivity contribution in [1.29, 1.82) is 0 Å². The zero-order valence-corrected chi connectivity index (χ0v) is 10.5. The van der Waals surface area contributed by atoms with Gasteiger partial charge in [0.1, 0.15) is 0 Å². The molecule has 1 aromatic rings. The van der Waals surface area contributed by atoms with Crippen molar-refractivity contribution in [2.24, 2.45) is 5.92 Å². The van der Waals surface area contributed by atoms with Gasteiger partial charge in [-0.05, 0) is 44.3 Å². The van der Waals surface area contributed by atoms with Gasteiger partial charge in [-0.3, -0.25) is 4.79 Å². The molecule has 0 radical (unpaired) electrons. The highest BCUT2D eigenvalue weighted by Gasteiger charge is 2.31. The average molecular weight is 274 g/mol. The molecule has 19 heavy (non-hydrogen) atoms. The second kappa shape index (κ2) is 5.77. The number of nitrogens with zero attached hydrogens (tertiary/aromatic N) is 1. The zero-order valence-electron chi connectivity index (χ0n) is 10.5. The number of aromatic nitrogens is 1. The first kappa shape index (κ1) is 14.1. The van der Waals surface area contributed by atoms with E-state index in [2.05, 4.69) is 5.32 Å². The third kappa shape index (κ3) is 3.83. The number of rotatable bonds is 3. The maximum atomic E-state index is 12.6. The summed E-state index contributed by atoms with van der Waals surface area (Å²) in [5.41, 5.74) is -1.14. The molecule has 0 saturated carbocycles. The highest BCUT2D eigenvalue weighted by molar-refractivity contribution is 5.13. The standard InChI is InChI=1S/C13H17F3N2O/c14-13(15,16)11-1-2-12(19)18(9-11)8-5-10-3-6-17-7-4-10/h1-2,9-10,17H,3-8H2. The van der Waals surface area contributed by atoms with Crippen LogP contribution in [0.25, 0.3) is 0 Å². The molecule has 0 unspecified atom stereocenters. The quantitative estimate of drug-likeness (QED) is 0.917. The minimum absolute atomic E-state index is 0.355. The zero-order chi connectivity index (χ0) is 13.9. The number of hydrogen-bond donors (Lipinski definition) is 1. The van der Waals surface area contributed by atoms with Crippen LogP contribution >= 0.6 is 0 Å². The van der Waals surface area contributed by atoms with Crippen molar-refractivity contribution in [3.8, 4) is 0 Å². The maximum absolute atomic E-state index is 12.6. The molecule has 106 valence electrons. The molecule has 0 aliphatic carbocycles. The summed E-state index contributed by atoms with van der Waals surface area (Å²) in [5.74, 6) is 0.489. The number of halogens is 3. The lowest BCUT2D eigenvalue weighted by Crippen LogP contribution is -2.29. The fourth-order valence-corrected chi connectivity index (χ4v) is 2.37. The molecule has 0 bridgehead atoms. The predicted molar refractivity (Wildman–Crippen MR) is 65.9 cm³/mol. The molecule has 0 amide bonds. The van der Waals surface area contributed by atoms with E-state index >= 15 is 0 Å². The molecule has 0 atom stereocenters. The second-order valence-corrected chi connectivity index (χ2v) is 4.93. The molecule has 1 saturated heterocycles. The van der Waals surface area contributed by atoms with Crippen molar-refractivity contribution in [2.75, 3.05) is 13.1 Å². The lowest BCUT2D eigenvalue weighted by Gasteiger charge is -2.22. The van der Waals surface area contributed by atoms with E-state index in [9.17, 15) is 18.0 Å². The van der Waals surface area contributed by atoms with Crippen LogP contribution < -0.4 is 10.9 Å². The summed E-state index contributed by atoms with van der Waals surface area (Å²) < 4.78 is 38.9. The summed E-state index contributed by atoms with van der Waals surface area (Å²) in [6, 6.07) is 1.83. The molecule has 0 aromatic carbocycles. The molecule has 1 fully saturated rings. The Hall–Kier alpha value is -1.30. The van der Waals surface area contributed by atoms with Crippen molar-refractivity contribution >= 4 is 0 Å². The normalized spacial score (nSPS) is 17.6. The van der Waals surface area contributed by atoms with Gasteiger partial charge in [0, 0.05) is 18.8 Å². The number of aryl methyl sites for hydroxylation is 1. The van der Waals surface area contributed by atoms with Gasteiger partial charge in [-0.15, -0.1) is 0 Å². The maximum Gasteiger partial charge on any atom is 0.417 e. The van der Waals surface area contributed by atoms with Gasteiger partial charge in [0.2, 0.25) is 0 Å². The van der Waals surface area contributed by atoms with Crippen LogP contribution in [0.5, 0.6) is 0 Å². The predicted octanol–water partition coefficient (Wildman–Crippen LogP) is 2.26. The Morgan fingerprint density at radius 2 is 1.95 bits per heavy atom. The third-order valence-electron chi connectivity index (χ3n) is 3.55. The van der Waals surface area contributed by atoms with Crippen LogP contribution in [0.4, 0.5) is 13.2 Å². The van der Waals surface area contributed by atoms with Gasteiger partial charge >= 0.3 is 6.18 Å². The SMILES string of the molecule is O=c1ccc(C(F)(F)F)cn1CCC1CCNCC1. The lowest BCUT2D eigenvalue weighted by atomic mass is 9.95. The molecular formula is C13H17F3N2O. The number of piperidine rings is 1. The lowest BCUT2D eigenvalue weighted by molar-refractivity contribution is -0.138. The molecule has 1 N–H and O–H groups in total. The minimum Gasteiger partial charge on any atom is -0.317 e. The van der Waals surface area contributed by atoms with Crippen molar-refractivity contribution in [2.45, 2.75) is 32.0 Å². The Morgan fingerprint density at radius 3 is 2.58 bits per heavy atom. The van der Waals surface area contributed by atoms with Gasteiger partial charge in [-0.1, -0.05) is 0 Å². The van der Waals surface area contributed by atoms with E-state index in [0.29, 0.717) is 12.5 Å². The molecule has 3 nitrogen and oxygen atoms in total. The topological polar surface area (TPSA) is 34.0 Å². The van der Waals surface area contributed by atoms with Crippen molar-refractivity contribution in [1.82, 2.24) is 9.88 Å². The number of nitrogens with one attached hydrogen (secondary N) is 1. The van der Waals surface area contributed by atoms with E-state index in [-0.39, 0.29) is 5.56 Å². The van der Waals surface area contributed by atoms with Crippen molar-refractivity contribution < 1.29 is 13.2 Å². The van der Waals surface area contributed by atoms with Gasteiger partial charge in [0.05, 0.1) is 5.56 Å². The minimum atomic E-state index is -4.40. The van der Waals surface area contributed by atoms with Gasteiger partial charge in [0.15, 0.2) is 0 Å². The molecule has 1 aliphatic rings. The van der Waals surface area contributed by atoms with Crippen molar-refractivity contribution in [3.63, 3.8) is 0 Å². The monoisotopic (exact) mass is 274 g/mol. The van der Waals surface area contributed by atoms with Crippen LogP contribution in [-0.2, 0) is 12.7 Å². The van der Waals surface area contributed by atoms with E-state index in [0.717, 1.165) is 50.7 Å². The summed E-state index contributed by atoms with van der Waals surface area (Å²) in [6.07, 6.45) is -0.683. The fraction of sp³-hybridized carbons (Fsp3) is 0.615. The van der Waals surface area contributed by atoms with Crippen LogP contribution in [0.1, 0.15) is 24.8 Å². The Labute approximate surface area is 109 Å². The van der Waals surface area contributed by atoms with Crippen LogP contribution in [0, 0.1) is 5.92 Å². The number of hydrogen-bond acceptors (Lipinski definition) is 2. The second-order valence-electron chi connectivity index (χ2n) is 4.93. The smallest absolute Gasteiger partial charge is 0.317 e. The summed E-state index contributed by atoms with van der Waals surface area (Å²) in [5, 5.41) is 3.24. The summed E-state index contributed by atoms with van der Waals surface area (Å²) in [4.78, 5) is 11.6. The van der Waals surface area contributed by atoms with Gasteiger partial charge in [-0.25, -0.2) is 0 Å². The largest absolute Gasteiger partial charge is 0.417 e. The van der Waals surface area contributed by atoms with Crippen LogP contribution in [0.2, 0.25) is 0 Å². The van der Waals surface area contributed by atoms with Gasteiger partial charge in [-0.2, -0.15) is 13.2 Å². The van der Waals surface area contributed by atoms with E-state index in [4.69, 9.17) is 0 Å². The van der Waals surface area contributed by atoms with E-state index in [1.54, 1.807) is 0 Å². The Bertz CT molecular complexity index is 476. The van der Waals surface area contributed by atoms with Gasteiger partial charge in [0.25, 0.3) is 5.56 Å². The molecular weight excluding hydrogens is 257 g/mol. The average Bonchev–Trinajstić information content (AvgIpc) is 2.37. The molecule has 0 spiro atoms.